The van der Waals surface area contributed by atoms with Crippen LogP contribution in [0, 0.1) is 10.1 Å². The molecule has 0 spiro atoms. The van der Waals surface area contributed by atoms with Crippen molar-refractivity contribution in [3.05, 3.63) is 69.4 Å². The summed E-state index contributed by atoms with van der Waals surface area (Å²) in [5.41, 5.74) is 1.53. The van der Waals surface area contributed by atoms with Crippen LogP contribution in [0.15, 0.2) is 53.7 Å². The van der Waals surface area contributed by atoms with Crippen molar-refractivity contribution in [1.29, 1.82) is 0 Å². The standard InChI is InChI=1S/C21H19N3O7/c1-3-29-20(25)18-12(2)23(15-8-9-16-17(10-15)31-11-30-16)21(26)22-19(18)13-4-6-14(7-5-13)24(27)28/h4-10,19H,3,11H2,1-2H3,(H,22,26)/t19-/m0/s1. The number of carbonyl (C=O) groups excluding carboxylic acids is 2. The lowest BCUT2D eigenvalue weighted by atomic mass is 9.94. The molecule has 2 heterocycles. The number of urea groups is 1. The molecule has 10 heteroatoms. The maximum absolute atomic E-state index is 13.0. The van der Waals surface area contributed by atoms with Crippen LogP contribution in [0.2, 0.25) is 0 Å². The number of fused-ring (bicyclic) bond motifs is 1. The minimum absolute atomic E-state index is 0.0914. The van der Waals surface area contributed by atoms with Crippen LogP contribution in [-0.4, -0.2) is 30.3 Å². The van der Waals surface area contributed by atoms with Gasteiger partial charge in [0.05, 0.1) is 28.8 Å². The van der Waals surface area contributed by atoms with Crippen LogP contribution in [0.1, 0.15) is 25.5 Å². The number of hydrogen-bond acceptors (Lipinski definition) is 7. The first kappa shape index (κ1) is 20.2. The number of hydrogen-bond donors (Lipinski definition) is 1. The second-order valence-corrected chi connectivity index (χ2v) is 6.82. The van der Waals surface area contributed by atoms with Gasteiger partial charge in [0.25, 0.3) is 5.69 Å². The summed E-state index contributed by atoms with van der Waals surface area (Å²) in [6.45, 7) is 3.58. The molecule has 0 unspecified atom stereocenters. The van der Waals surface area contributed by atoms with Gasteiger partial charge in [-0.3, -0.25) is 15.0 Å². The van der Waals surface area contributed by atoms with Crippen LogP contribution in [0.25, 0.3) is 0 Å². The summed E-state index contributed by atoms with van der Waals surface area (Å²) in [5, 5.41) is 13.8. The van der Waals surface area contributed by atoms with Crippen molar-refractivity contribution in [3.63, 3.8) is 0 Å². The highest BCUT2D eigenvalue weighted by molar-refractivity contribution is 6.03. The zero-order chi connectivity index (χ0) is 22.1. The van der Waals surface area contributed by atoms with Crippen LogP contribution in [0.5, 0.6) is 11.5 Å². The first-order valence-corrected chi connectivity index (χ1v) is 9.53. The minimum Gasteiger partial charge on any atom is -0.463 e. The van der Waals surface area contributed by atoms with Gasteiger partial charge in [-0.05, 0) is 43.7 Å². The molecule has 0 saturated heterocycles. The average molecular weight is 425 g/mol. The number of nitro groups is 1. The number of amides is 2. The van der Waals surface area contributed by atoms with E-state index < -0.39 is 23.0 Å². The summed E-state index contributed by atoms with van der Waals surface area (Å²) < 4.78 is 15.9. The molecule has 2 aromatic rings. The smallest absolute Gasteiger partial charge is 0.338 e. The molecular weight excluding hydrogens is 406 g/mol. The largest absolute Gasteiger partial charge is 0.463 e. The van der Waals surface area contributed by atoms with Gasteiger partial charge >= 0.3 is 12.0 Å². The van der Waals surface area contributed by atoms with Crippen LogP contribution in [-0.2, 0) is 9.53 Å². The zero-order valence-electron chi connectivity index (χ0n) is 16.8. The molecule has 10 nitrogen and oxygen atoms in total. The molecular formula is C21H19N3O7. The Morgan fingerprint density at radius 1 is 1.23 bits per heavy atom. The molecule has 2 aliphatic heterocycles. The Balaban J connectivity index is 1.78. The van der Waals surface area contributed by atoms with Gasteiger partial charge in [0.1, 0.15) is 0 Å². The summed E-state index contributed by atoms with van der Waals surface area (Å²) >= 11 is 0. The number of nitrogens with zero attached hydrogens (tertiary/aromatic N) is 2. The highest BCUT2D eigenvalue weighted by Gasteiger charge is 2.37. The molecule has 0 bridgehead atoms. The van der Waals surface area contributed by atoms with Crippen molar-refractivity contribution in [3.8, 4) is 11.5 Å². The molecule has 2 aromatic carbocycles. The van der Waals surface area contributed by atoms with Gasteiger partial charge < -0.3 is 19.5 Å². The van der Waals surface area contributed by atoms with E-state index >= 15 is 0 Å². The predicted octanol–water partition coefficient (Wildman–Crippen LogP) is 3.43. The third-order valence-corrected chi connectivity index (χ3v) is 5.03. The Morgan fingerprint density at radius 2 is 1.94 bits per heavy atom. The first-order valence-electron chi connectivity index (χ1n) is 9.53. The van der Waals surface area contributed by atoms with Gasteiger partial charge in [0, 0.05) is 23.9 Å². The number of nitro benzene ring substituents is 1. The number of ether oxygens (including phenoxy) is 3. The highest BCUT2D eigenvalue weighted by Crippen LogP contribution is 2.39. The lowest BCUT2D eigenvalue weighted by molar-refractivity contribution is -0.384. The van der Waals surface area contributed by atoms with Crippen molar-refractivity contribution in [2.75, 3.05) is 18.3 Å². The molecule has 1 atom stereocenters. The van der Waals surface area contributed by atoms with Gasteiger partial charge in [-0.2, -0.15) is 0 Å². The van der Waals surface area contributed by atoms with E-state index in [1.807, 2.05) is 0 Å². The van der Waals surface area contributed by atoms with Gasteiger partial charge in [-0.1, -0.05) is 0 Å². The number of allylic oxidation sites excluding steroid dienone is 1. The summed E-state index contributed by atoms with van der Waals surface area (Å²) in [6.07, 6.45) is 0. The molecule has 0 saturated carbocycles. The molecule has 0 aromatic heterocycles. The van der Waals surface area contributed by atoms with Gasteiger partial charge in [0.15, 0.2) is 11.5 Å². The SMILES string of the molecule is CCOC(=O)C1=C(C)N(c2ccc3c(c2)OCO3)C(=O)N[C@H]1c1ccc([N+](=O)[O-])cc1. The Labute approximate surface area is 177 Å². The van der Waals surface area contributed by atoms with E-state index in [0.29, 0.717) is 28.4 Å². The fourth-order valence-corrected chi connectivity index (χ4v) is 3.59. The number of esters is 1. The second-order valence-electron chi connectivity index (χ2n) is 6.82. The summed E-state index contributed by atoms with van der Waals surface area (Å²) in [7, 11) is 0. The molecule has 31 heavy (non-hydrogen) atoms. The highest BCUT2D eigenvalue weighted by atomic mass is 16.7. The Bertz CT molecular complexity index is 1090. The number of non-ortho nitro benzene ring substituents is 1. The van der Waals surface area contributed by atoms with E-state index in [2.05, 4.69) is 5.32 Å². The molecule has 2 aliphatic rings. The maximum atomic E-state index is 13.0. The lowest BCUT2D eigenvalue weighted by Crippen LogP contribution is -2.48. The van der Waals surface area contributed by atoms with Gasteiger partial charge in [-0.25, -0.2) is 9.59 Å². The Kier molecular flexibility index (Phi) is 5.20. The summed E-state index contributed by atoms with van der Waals surface area (Å²) in [6, 6.07) is 9.40. The van der Waals surface area contributed by atoms with E-state index in [-0.39, 0.29) is 24.7 Å². The van der Waals surface area contributed by atoms with E-state index in [1.165, 1.54) is 29.2 Å². The van der Waals surface area contributed by atoms with Crippen LogP contribution in [0.4, 0.5) is 16.2 Å². The van der Waals surface area contributed by atoms with Crippen molar-refractivity contribution >= 4 is 23.4 Å². The summed E-state index contributed by atoms with van der Waals surface area (Å²) in [5.74, 6) is 0.472. The van der Waals surface area contributed by atoms with Crippen LogP contribution < -0.4 is 19.7 Å². The minimum atomic E-state index is -0.822. The topological polar surface area (TPSA) is 120 Å². The molecule has 160 valence electrons. The van der Waals surface area contributed by atoms with E-state index in [1.54, 1.807) is 32.0 Å². The monoisotopic (exact) mass is 425 g/mol. The third kappa shape index (κ3) is 3.63. The number of rotatable bonds is 5. The first-order chi connectivity index (χ1) is 14.9. The zero-order valence-corrected chi connectivity index (χ0v) is 16.8. The predicted molar refractivity (Wildman–Crippen MR) is 109 cm³/mol. The number of benzene rings is 2. The van der Waals surface area contributed by atoms with Crippen LogP contribution in [0.3, 0.4) is 0 Å². The second kappa shape index (κ2) is 7.98. The normalized spacial score (nSPS) is 17.4. The third-order valence-electron chi connectivity index (χ3n) is 5.03. The molecule has 0 fully saturated rings. The fraction of sp³-hybridized carbons (Fsp3) is 0.238. The molecule has 0 aliphatic carbocycles. The van der Waals surface area contributed by atoms with Crippen molar-refractivity contribution in [2.45, 2.75) is 19.9 Å². The summed E-state index contributed by atoms with van der Waals surface area (Å²) in [4.78, 5) is 37.7. The average Bonchev–Trinajstić information content (AvgIpc) is 3.21. The van der Waals surface area contributed by atoms with E-state index in [0.717, 1.165) is 0 Å². The van der Waals surface area contributed by atoms with E-state index in [9.17, 15) is 19.7 Å². The van der Waals surface area contributed by atoms with Gasteiger partial charge in [0.2, 0.25) is 6.79 Å². The molecule has 4 rings (SSSR count). The molecule has 1 N–H and O–H groups in total. The molecule has 2 amide bonds. The quantitative estimate of drug-likeness (QED) is 0.443. The van der Waals surface area contributed by atoms with Crippen molar-refractivity contribution in [2.24, 2.45) is 0 Å². The van der Waals surface area contributed by atoms with E-state index in [4.69, 9.17) is 14.2 Å². The number of carbonyl (C=O) groups is 2. The Hall–Kier alpha value is -4.08. The van der Waals surface area contributed by atoms with Crippen molar-refractivity contribution in [1.82, 2.24) is 5.32 Å². The molecule has 0 radical (unpaired) electrons. The lowest BCUT2D eigenvalue weighted by Gasteiger charge is -2.35. The van der Waals surface area contributed by atoms with Crippen LogP contribution >= 0.6 is 0 Å². The van der Waals surface area contributed by atoms with Gasteiger partial charge in [-0.15, -0.1) is 0 Å². The number of anilines is 1. The van der Waals surface area contributed by atoms with Crippen molar-refractivity contribution < 1.29 is 28.7 Å². The Morgan fingerprint density at radius 3 is 2.61 bits per heavy atom. The number of nitrogens with one attached hydrogen (secondary N) is 1. The fourth-order valence-electron chi connectivity index (χ4n) is 3.59. The maximum Gasteiger partial charge on any atom is 0.338 e.